The van der Waals surface area contributed by atoms with E-state index < -0.39 is 17.5 Å². The van der Waals surface area contributed by atoms with Crippen molar-refractivity contribution in [3.63, 3.8) is 0 Å². The maximum absolute atomic E-state index is 14.7. The summed E-state index contributed by atoms with van der Waals surface area (Å²) in [5.74, 6) is -1.12. The summed E-state index contributed by atoms with van der Waals surface area (Å²) in [7, 11) is 0. The molecule has 28 heteroatoms. The van der Waals surface area contributed by atoms with Crippen LogP contribution in [0.5, 0.6) is 0 Å². The summed E-state index contributed by atoms with van der Waals surface area (Å²) < 4.78 is 48.6. The summed E-state index contributed by atoms with van der Waals surface area (Å²) >= 11 is 0. The Balaban J connectivity index is 0.000000129. The number of hydrogen-bond donors (Lipinski definition) is 4. The number of piperidine rings is 1. The second-order valence-corrected chi connectivity index (χ2v) is 23.1. The summed E-state index contributed by atoms with van der Waals surface area (Å²) in [6.07, 6.45) is 8.30. The van der Waals surface area contributed by atoms with Gasteiger partial charge < -0.3 is 36.4 Å². The van der Waals surface area contributed by atoms with Gasteiger partial charge in [0, 0.05) is 76.1 Å². The van der Waals surface area contributed by atoms with Crippen molar-refractivity contribution in [3.8, 4) is 81.2 Å². The second-order valence-electron chi connectivity index (χ2n) is 23.1. The third-order valence-corrected chi connectivity index (χ3v) is 17.3. The summed E-state index contributed by atoms with van der Waals surface area (Å²) in [5, 5.41) is 68.7. The number of benzene rings is 3. The van der Waals surface area contributed by atoms with Crippen molar-refractivity contribution < 1.29 is 32.3 Å². The number of aromatic nitrogens is 9. The van der Waals surface area contributed by atoms with Crippen molar-refractivity contribution in [1.82, 2.24) is 60.2 Å². The van der Waals surface area contributed by atoms with Crippen LogP contribution in [0.15, 0.2) is 110 Å². The first kappa shape index (κ1) is 61.1. The number of hydrogen-bond acceptors (Lipinski definition) is 18. The normalized spacial score (nSPS) is 17.3. The second kappa shape index (κ2) is 25.5. The lowest BCUT2D eigenvalue weighted by Gasteiger charge is -2.31. The van der Waals surface area contributed by atoms with E-state index in [4.69, 9.17) is 16.3 Å². The van der Waals surface area contributed by atoms with Gasteiger partial charge in [-0.05, 0) is 80.3 Å². The molecule has 3 atom stereocenters. The monoisotopic (exact) mass is 1270 g/mol. The average Bonchev–Trinajstić information content (AvgIpc) is 1.71. The number of halogens is 3. The SMILES string of the molecule is N#Cc1cccc(F)c1-c1cc(-n2ccc(N3CCC[C@H](C(N)=O)C3)n2)c2c(n1)CNC2=O.N#Cc1cccc(F)c1-c1cc(-n2ccc(N3CC[C@@H](C#N)C3)n2)c2c(n1)CNC2=O.N#Cc1cccc(F)c1-c1cc(-n2ccc(N3CC[C@H](C#N)C3)n2)c2c(n1)CNC2=O. The Morgan fingerprint density at radius 3 is 1.14 bits per heavy atom. The first-order chi connectivity index (χ1) is 46.1. The Bertz CT molecular complexity index is 4690. The third kappa shape index (κ3) is 11.7. The highest BCUT2D eigenvalue weighted by atomic mass is 19.1. The highest BCUT2D eigenvalue weighted by Gasteiger charge is 2.34. The van der Waals surface area contributed by atoms with Crippen LogP contribution in [0.1, 0.15) is 90.5 Å². The molecule has 4 amide bonds. The minimum Gasteiger partial charge on any atom is -0.369 e. The lowest BCUT2D eigenvalue weighted by atomic mass is 9.98. The molecule has 0 spiro atoms. The number of nitrogens with two attached hydrogens (primary N) is 1. The number of carbonyl (C=O) groups excluding carboxylic acids is 4. The fraction of sp³-hybridized carbons (Fsp3) is 0.239. The minimum atomic E-state index is -0.573. The van der Waals surface area contributed by atoms with Crippen LogP contribution in [0.2, 0.25) is 0 Å². The molecule has 0 unspecified atom stereocenters. The van der Waals surface area contributed by atoms with E-state index in [0.717, 1.165) is 45.3 Å². The Morgan fingerprint density at radius 1 is 0.474 bits per heavy atom. The van der Waals surface area contributed by atoms with Crippen LogP contribution < -0.4 is 36.4 Å². The summed E-state index contributed by atoms with van der Waals surface area (Å²) in [4.78, 5) is 68.6. The fourth-order valence-electron chi connectivity index (χ4n) is 12.6. The van der Waals surface area contributed by atoms with Gasteiger partial charge in [-0.1, -0.05) is 18.2 Å². The van der Waals surface area contributed by atoms with Gasteiger partial charge in [0.05, 0.1) is 169 Å². The lowest BCUT2D eigenvalue weighted by molar-refractivity contribution is -0.122. The van der Waals surface area contributed by atoms with E-state index in [1.165, 1.54) is 54.6 Å². The molecule has 6 aliphatic heterocycles. The van der Waals surface area contributed by atoms with E-state index in [2.05, 4.69) is 58.3 Å². The van der Waals surface area contributed by atoms with Crippen molar-refractivity contribution in [2.45, 2.75) is 45.3 Å². The van der Waals surface area contributed by atoms with Crippen molar-refractivity contribution >= 4 is 41.1 Å². The molecule has 470 valence electrons. The topological polar surface area (TPSA) is 351 Å². The van der Waals surface area contributed by atoms with E-state index in [1.807, 2.05) is 45.0 Å². The number of nitrogens with zero attached hydrogens (tertiary/aromatic N) is 17. The molecule has 15 rings (SSSR count). The van der Waals surface area contributed by atoms with E-state index in [1.54, 1.807) is 56.9 Å². The number of primary amides is 1. The minimum absolute atomic E-state index is 0.0295. The van der Waals surface area contributed by atoms with Gasteiger partial charge in [0.15, 0.2) is 17.5 Å². The van der Waals surface area contributed by atoms with Crippen LogP contribution in [0.25, 0.3) is 50.8 Å². The van der Waals surface area contributed by atoms with Crippen LogP contribution in [-0.4, -0.2) is 107 Å². The molecule has 0 bridgehead atoms. The molecule has 95 heavy (non-hydrogen) atoms. The molecule has 3 aromatic carbocycles. The zero-order valence-corrected chi connectivity index (χ0v) is 50.3. The number of pyridine rings is 3. The molecular formula is C67H52F3N21O4. The predicted octanol–water partition coefficient (Wildman–Crippen LogP) is 6.97. The summed E-state index contributed by atoms with van der Waals surface area (Å²) in [6, 6.07) is 33.6. The Labute approximate surface area is 539 Å². The smallest absolute Gasteiger partial charge is 0.255 e. The van der Waals surface area contributed by atoms with Gasteiger partial charge in [0.25, 0.3) is 17.7 Å². The van der Waals surface area contributed by atoms with E-state index in [-0.39, 0.29) is 111 Å². The van der Waals surface area contributed by atoms with Gasteiger partial charge in [-0.2, -0.15) is 41.6 Å². The van der Waals surface area contributed by atoms with Gasteiger partial charge in [0.1, 0.15) is 17.5 Å². The number of rotatable bonds is 10. The Kier molecular flexibility index (Phi) is 16.4. The van der Waals surface area contributed by atoms with Gasteiger partial charge in [-0.25, -0.2) is 42.2 Å². The average molecular weight is 1270 g/mol. The highest BCUT2D eigenvalue weighted by Crippen LogP contribution is 2.37. The van der Waals surface area contributed by atoms with Crippen LogP contribution in [0.4, 0.5) is 30.6 Å². The standard InChI is InChI=1S/C23H20FN7O2.2C22H16FN7O/c24-15-5-1-3-13(10-25)20(15)16-9-18(21-17(28-16)11-27-23(21)33)31-8-6-19(29-31)30-7-2-4-14(12-30)22(26)32;2*23-15-3-1-2-14(10-25)20(15)16-8-18(21-17(27-16)11-26-22(21)31)30-7-5-19(28-30)29-6-4-13(9-24)12-29/h1,3,5-6,8-9,14H,2,4,7,11-12H2,(H2,26,32)(H,27,33);2*1-3,5,7-8,13H,4,6,11-12H2,(H,26,31)/t14-;2*13-/m010/s1. The first-order valence-electron chi connectivity index (χ1n) is 30.2. The maximum Gasteiger partial charge on any atom is 0.255 e. The number of carbonyl (C=O) groups is 4. The van der Waals surface area contributed by atoms with E-state index in [9.17, 15) is 48.1 Å². The third-order valence-electron chi connectivity index (χ3n) is 17.3. The summed E-state index contributed by atoms with van der Waals surface area (Å²) in [6.45, 7) is 4.53. The molecule has 6 aliphatic rings. The summed E-state index contributed by atoms with van der Waals surface area (Å²) in [5.41, 5.74) is 10.9. The van der Waals surface area contributed by atoms with Crippen molar-refractivity contribution in [2.24, 2.45) is 23.5 Å². The molecule has 0 radical (unpaired) electrons. The molecule has 25 nitrogen and oxygen atoms in total. The molecule has 3 fully saturated rings. The molecule has 12 heterocycles. The molecule has 3 saturated heterocycles. The number of amides is 4. The molecular weight excluding hydrogens is 1220 g/mol. The van der Waals surface area contributed by atoms with Gasteiger partial charge in [0.2, 0.25) is 5.91 Å². The fourth-order valence-corrected chi connectivity index (χ4v) is 12.6. The first-order valence-corrected chi connectivity index (χ1v) is 30.2. The molecule has 9 aromatic rings. The number of anilines is 3. The molecule has 0 aliphatic carbocycles. The van der Waals surface area contributed by atoms with Crippen molar-refractivity contribution in [3.05, 3.63) is 178 Å². The van der Waals surface area contributed by atoms with Crippen molar-refractivity contribution in [2.75, 3.05) is 54.0 Å². The zero-order chi connectivity index (χ0) is 66.2. The van der Waals surface area contributed by atoms with Gasteiger partial charge >= 0.3 is 0 Å². The van der Waals surface area contributed by atoms with Gasteiger partial charge in [-0.15, -0.1) is 0 Å². The molecule has 5 N–H and O–H groups in total. The van der Waals surface area contributed by atoms with Gasteiger partial charge in [-0.3, -0.25) is 19.2 Å². The molecule has 6 aromatic heterocycles. The van der Waals surface area contributed by atoms with Crippen LogP contribution in [0, 0.1) is 91.9 Å². The van der Waals surface area contributed by atoms with E-state index in [0.29, 0.717) is 87.9 Å². The quantitative estimate of drug-likeness (QED) is 0.107. The Hall–Kier alpha value is -12.7. The number of nitriles is 5. The van der Waals surface area contributed by atoms with E-state index >= 15 is 0 Å². The van der Waals surface area contributed by atoms with Crippen LogP contribution in [0.3, 0.4) is 0 Å². The molecule has 0 saturated carbocycles. The Morgan fingerprint density at radius 2 is 0.821 bits per heavy atom. The number of nitrogens with one attached hydrogen (secondary N) is 3. The van der Waals surface area contributed by atoms with Crippen LogP contribution >= 0.6 is 0 Å². The lowest BCUT2D eigenvalue weighted by Crippen LogP contribution is -2.41. The zero-order valence-electron chi connectivity index (χ0n) is 50.3. The largest absolute Gasteiger partial charge is 0.369 e. The number of fused-ring (bicyclic) bond motifs is 3. The van der Waals surface area contributed by atoms with Crippen molar-refractivity contribution in [1.29, 1.82) is 26.3 Å². The highest BCUT2D eigenvalue weighted by molar-refractivity contribution is 6.03. The van der Waals surface area contributed by atoms with Crippen LogP contribution in [-0.2, 0) is 24.4 Å². The maximum atomic E-state index is 14.7. The predicted molar refractivity (Wildman–Crippen MR) is 334 cm³/mol.